The third-order valence-electron chi connectivity index (χ3n) is 2.88. The van der Waals surface area contributed by atoms with Crippen LogP contribution >= 0.6 is 0 Å². The zero-order valence-electron chi connectivity index (χ0n) is 10.3. The van der Waals surface area contributed by atoms with Crippen LogP contribution in [-0.4, -0.2) is 11.5 Å². The lowest BCUT2D eigenvalue weighted by Gasteiger charge is -2.14. The van der Waals surface area contributed by atoms with E-state index in [-0.39, 0.29) is 0 Å². The quantitative estimate of drug-likeness (QED) is 0.888. The number of anilines is 1. The van der Waals surface area contributed by atoms with Gasteiger partial charge in [-0.15, -0.1) is 0 Å². The van der Waals surface area contributed by atoms with Gasteiger partial charge in [0.05, 0.1) is 5.69 Å². The highest BCUT2D eigenvalue weighted by atomic mass is 14.9. The minimum Gasteiger partial charge on any atom is -0.382 e. The zero-order valence-corrected chi connectivity index (χ0v) is 10.3. The fourth-order valence-corrected chi connectivity index (χ4v) is 1.80. The average molecular weight is 237 g/mol. The molecule has 0 amide bonds. The summed E-state index contributed by atoms with van der Waals surface area (Å²) in [5.74, 6) is 0.387. The standard InChI is InChI=1S/C15H15N3/c1-12(13-6-3-2-4-7-13)11-18-14-8-5-9-17-15(14)10-16/h2-9,12,18H,11H2,1H3. The van der Waals surface area contributed by atoms with Crippen molar-refractivity contribution in [3.8, 4) is 6.07 Å². The molecule has 0 bridgehead atoms. The van der Waals surface area contributed by atoms with E-state index in [0.29, 0.717) is 11.6 Å². The molecule has 90 valence electrons. The largest absolute Gasteiger partial charge is 0.382 e. The Kier molecular flexibility index (Phi) is 3.93. The highest BCUT2D eigenvalue weighted by molar-refractivity contribution is 5.53. The number of pyridine rings is 1. The number of hydrogen-bond acceptors (Lipinski definition) is 3. The number of nitriles is 1. The lowest BCUT2D eigenvalue weighted by Crippen LogP contribution is -2.11. The van der Waals surface area contributed by atoms with Gasteiger partial charge in [-0.25, -0.2) is 4.98 Å². The molecule has 0 spiro atoms. The summed E-state index contributed by atoms with van der Waals surface area (Å²) in [6.45, 7) is 2.94. The summed E-state index contributed by atoms with van der Waals surface area (Å²) in [6, 6.07) is 16.1. The summed E-state index contributed by atoms with van der Waals surface area (Å²) < 4.78 is 0. The van der Waals surface area contributed by atoms with Gasteiger partial charge in [0, 0.05) is 12.7 Å². The molecule has 0 fully saturated rings. The third-order valence-corrected chi connectivity index (χ3v) is 2.88. The van der Waals surface area contributed by atoms with Gasteiger partial charge in [-0.05, 0) is 23.6 Å². The highest BCUT2D eigenvalue weighted by Crippen LogP contribution is 2.17. The van der Waals surface area contributed by atoms with Crippen molar-refractivity contribution in [2.75, 3.05) is 11.9 Å². The van der Waals surface area contributed by atoms with Crippen LogP contribution < -0.4 is 5.32 Å². The Hall–Kier alpha value is -2.34. The molecule has 0 aliphatic heterocycles. The Balaban J connectivity index is 2.02. The molecule has 1 heterocycles. The molecule has 0 aliphatic carbocycles. The fourth-order valence-electron chi connectivity index (χ4n) is 1.80. The van der Waals surface area contributed by atoms with Crippen LogP contribution in [0.3, 0.4) is 0 Å². The summed E-state index contributed by atoms with van der Waals surface area (Å²) in [5.41, 5.74) is 2.52. The van der Waals surface area contributed by atoms with Gasteiger partial charge < -0.3 is 5.32 Å². The van der Waals surface area contributed by atoms with E-state index in [2.05, 4.69) is 35.4 Å². The number of benzene rings is 1. The van der Waals surface area contributed by atoms with Crippen molar-refractivity contribution >= 4 is 5.69 Å². The van der Waals surface area contributed by atoms with Crippen LogP contribution in [0.5, 0.6) is 0 Å². The maximum Gasteiger partial charge on any atom is 0.163 e. The molecule has 1 unspecified atom stereocenters. The Morgan fingerprint density at radius 2 is 2.00 bits per heavy atom. The van der Waals surface area contributed by atoms with E-state index in [9.17, 15) is 0 Å². The fraction of sp³-hybridized carbons (Fsp3) is 0.200. The van der Waals surface area contributed by atoms with E-state index in [0.717, 1.165) is 12.2 Å². The SMILES string of the molecule is CC(CNc1cccnc1C#N)c1ccccc1. The van der Waals surface area contributed by atoms with E-state index < -0.39 is 0 Å². The minimum absolute atomic E-state index is 0.387. The van der Waals surface area contributed by atoms with Crippen molar-refractivity contribution in [2.24, 2.45) is 0 Å². The normalized spacial score (nSPS) is 11.6. The molecular formula is C15H15N3. The summed E-state index contributed by atoms with van der Waals surface area (Å²) in [7, 11) is 0. The number of aromatic nitrogens is 1. The molecule has 2 rings (SSSR count). The molecule has 1 aromatic carbocycles. The highest BCUT2D eigenvalue weighted by Gasteiger charge is 2.06. The topological polar surface area (TPSA) is 48.7 Å². The summed E-state index contributed by atoms with van der Waals surface area (Å²) >= 11 is 0. The van der Waals surface area contributed by atoms with Gasteiger partial charge in [-0.1, -0.05) is 37.3 Å². The van der Waals surface area contributed by atoms with Gasteiger partial charge in [0.1, 0.15) is 6.07 Å². The average Bonchev–Trinajstić information content (AvgIpc) is 2.46. The van der Waals surface area contributed by atoms with Gasteiger partial charge in [-0.3, -0.25) is 0 Å². The molecule has 0 radical (unpaired) electrons. The van der Waals surface area contributed by atoms with Crippen molar-refractivity contribution in [2.45, 2.75) is 12.8 Å². The first-order valence-electron chi connectivity index (χ1n) is 5.95. The van der Waals surface area contributed by atoms with Crippen molar-refractivity contribution in [1.29, 1.82) is 5.26 Å². The van der Waals surface area contributed by atoms with Crippen molar-refractivity contribution in [3.63, 3.8) is 0 Å². The number of hydrogen-bond donors (Lipinski definition) is 1. The lowest BCUT2D eigenvalue weighted by molar-refractivity contribution is 0.804. The second kappa shape index (κ2) is 5.83. The molecule has 3 nitrogen and oxygen atoms in total. The maximum atomic E-state index is 8.95. The maximum absolute atomic E-state index is 8.95. The van der Waals surface area contributed by atoms with E-state index >= 15 is 0 Å². The number of nitrogens with zero attached hydrogens (tertiary/aromatic N) is 2. The van der Waals surface area contributed by atoms with Crippen LogP contribution in [0.2, 0.25) is 0 Å². The molecule has 2 aromatic rings. The van der Waals surface area contributed by atoms with Crippen LogP contribution in [0.15, 0.2) is 48.7 Å². The molecule has 3 heteroatoms. The molecule has 1 atom stereocenters. The Bertz CT molecular complexity index is 543. The smallest absolute Gasteiger partial charge is 0.163 e. The van der Waals surface area contributed by atoms with E-state index in [1.165, 1.54) is 5.56 Å². The Morgan fingerprint density at radius 3 is 2.72 bits per heavy atom. The van der Waals surface area contributed by atoms with Crippen LogP contribution in [0.25, 0.3) is 0 Å². The second-order valence-corrected chi connectivity index (χ2v) is 4.20. The first-order chi connectivity index (χ1) is 8.81. The monoisotopic (exact) mass is 237 g/mol. The van der Waals surface area contributed by atoms with E-state index in [1.807, 2.05) is 30.3 Å². The van der Waals surface area contributed by atoms with Gasteiger partial charge in [-0.2, -0.15) is 5.26 Å². The molecule has 18 heavy (non-hydrogen) atoms. The van der Waals surface area contributed by atoms with Gasteiger partial charge in [0.2, 0.25) is 0 Å². The number of rotatable bonds is 4. The first-order valence-corrected chi connectivity index (χ1v) is 5.95. The van der Waals surface area contributed by atoms with Crippen molar-refractivity contribution in [3.05, 3.63) is 59.9 Å². The summed E-state index contributed by atoms with van der Waals surface area (Å²) in [6.07, 6.45) is 1.63. The van der Waals surface area contributed by atoms with Crippen LogP contribution in [0, 0.1) is 11.3 Å². The van der Waals surface area contributed by atoms with Crippen molar-refractivity contribution < 1.29 is 0 Å². The van der Waals surface area contributed by atoms with Crippen molar-refractivity contribution in [1.82, 2.24) is 4.98 Å². The summed E-state index contributed by atoms with van der Waals surface area (Å²) in [5, 5.41) is 12.2. The van der Waals surface area contributed by atoms with Crippen LogP contribution in [-0.2, 0) is 0 Å². The van der Waals surface area contributed by atoms with Crippen LogP contribution in [0.4, 0.5) is 5.69 Å². The molecule has 1 N–H and O–H groups in total. The van der Waals surface area contributed by atoms with E-state index in [1.54, 1.807) is 6.20 Å². The Morgan fingerprint density at radius 1 is 1.22 bits per heavy atom. The first kappa shape index (κ1) is 12.1. The van der Waals surface area contributed by atoms with Gasteiger partial charge >= 0.3 is 0 Å². The predicted molar refractivity (Wildman–Crippen MR) is 72.3 cm³/mol. The van der Waals surface area contributed by atoms with Crippen LogP contribution in [0.1, 0.15) is 24.1 Å². The second-order valence-electron chi connectivity index (χ2n) is 4.20. The summed E-state index contributed by atoms with van der Waals surface area (Å²) in [4.78, 5) is 4.02. The van der Waals surface area contributed by atoms with Gasteiger partial charge in [0.15, 0.2) is 5.69 Å². The molecule has 0 saturated carbocycles. The number of nitrogens with one attached hydrogen (secondary N) is 1. The minimum atomic E-state index is 0.387. The van der Waals surface area contributed by atoms with E-state index in [4.69, 9.17) is 5.26 Å². The molecular weight excluding hydrogens is 222 g/mol. The molecule has 0 aliphatic rings. The molecule has 0 saturated heterocycles. The predicted octanol–water partition coefficient (Wildman–Crippen LogP) is 3.17. The third kappa shape index (κ3) is 2.86. The Labute approximate surface area is 107 Å². The zero-order chi connectivity index (χ0) is 12.8. The molecule has 1 aromatic heterocycles. The lowest BCUT2D eigenvalue weighted by atomic mass is 10.0. The van der Waals surface area contributed by atoms with Gasteiger partial charge in [0.25, 0.3) is 0 Å².